The highest BCUT2D eigenvalue weighted by Gasteiger charge is 2.68. The van der Waals surface area contributed by atoms with E-state index in [9.17, 15) is 44.3 Å². The third-order valence-electron chi connectivity index (χ3n) is 8.06. The second-order valence-electron chi connectivity index (χ2n) is 10.9. The molecule has 1 saturated carbocycles. The van der Waals surface area contributed by atoms with E-state index in [1.807, 2.05) is 0 Å². The number of nitrogens with one attached hydrogen (secondary N) is 2. The zero-order chi connectivity index (χ0) is 31.5. The summed E-state index contributed by atoms with van der Waals surface area (Å²) in [5, 5.41) is 5.02. The number of alkyl halides is 9. The minimum absolute atomic E-state index is 0.0281. The fourth-order valence-electron chi connectivity index (χ4n) is 5.29. The van der Waals surface area contributed by atoms with E-state index in [4.69, 9.17) is 11.6 Å². The van der Waals surface area contributed by atoms with Gasteiger partial charge in [-0.3, -0.25) is 4.79 Å². The number of imidazole rings is 1. The second-order valence-corrected chi connectivity index (χ2v) is 11.3. The molecular weight excluding hydrogens is 617 g/mol. The van der Waals surface area contributed by atoms with Crippen LogP contribution >= 0.6 is 11.6 Å². The van der Waals surface area contributed by atoms with Crippen molar-refractivity contribution in [1.82, 2.24) is 14.9 Å². The van der Waals surface area contributed by atoms with E-state index in [2.05, 4.69) is 15.6 Å². The van der Waals surface area contributed by atoms with E-state index >= 15 is 0 Å². The Morgan fingerprint density at radius 2 is 1.67 bits per heavy atom. The number of fused-ring (bicyclic) bond motifs is 1. The molecule has 0 atom stereocenters. The smallest absolute Gasteiger partial charge is 0.370 e. The average Bonchev–Trinajstić information content (AvgIpc) is 3.68. The van der Waals surface area contributed by atoms with Crippen LogP contribution in [0.15, 0.2) is 30.3 Å². The van der Waals surface area contributed by atoms with Crippen LogP contribution in [0.25, 0.3) is 11.0 Å². The molecule has 1 amide bonds. The molecule has 2 heterocycles. The molecule has 2 N–H and O–H groups in total. The van der Waals surface area contributed by atoms with Gasteiger partial charge < -0.3 is 20.1 Å². The van der Waals surface area contributed by atoms with Crippen LogP contribution in [-0.4, -0.2) is 40.9 Å². The third kappa shape index (κ3) is 6.04. The van der Waals surface area contributed by atoms with Gasteiger partial charge in [-0.1, -0.05) is 17.7 Å². The molecule has 234 valence electrons. The van der Waals surface area contributed by atoms with E-state index in [1.165, 1.54) is 17.7 Å². The van der Waals surface area contributed by atoms with Crippen molar-refractivity contribution in [3.05, 3.63) is 46.5 Å². The molecule has 0 unspecified atom stereocenters. The normalized spacial score (nSPS) is 17.8. The predicted octanol–water partition coefficient (Wildman–Crippen LogP) is 7.73. The monoisotopic (exact) mass is 641 g/mol. The Kier molecular flexibility index (Phi) is 7.71. The largest absolute Gasteiger partial charge is 0.418 e. The van der Waals surface area contributed by atoms with Crippen molar-refractivity contribution in [2.24, 2.45) is 18.4 Å². The first kappa shape index (κ1) is 31.1. The highest BCUT2D eigenvalue weighted by Crippen LogP contribution is 2.57. The molecule has 2 aromatic carbocycles. The summed E-state index contributed by atoms with van der Waals surface area (Å²) in [5.74, 6) is -2.68. The molecule has 0 spiro atoms. The van der Waals surface area contributed by atoms with Gasteiger partial charge in [0.15, 0.2) is 0 Å². The fourth-order valence-corrected chi connectivity index (χ4v) is 5.57. The number of benzene rings is 2. The number of halogens is 10. The zero-order valence-electron chi connectivity index (χ0n) is 22.4. The first-order valence-electron chi connectivity index (χ1n) is 13.2. The second kappa shape index (κ2) is 10.7. The van der Waals surface area contributed by atoms with Crippen LogP contribution < -0.4 is 15.5 Å². The van der Waals surface area contributed by atoms with Crippen LogP contribution in [0.1, 0.15) is 36.8 Å². The molecule has 0 radical (unpaired) electrons. The summed E-state index contributed by atoms with van der Waals surface area (Å²) >= 11 is 6.43. The van der Waals surface area contributed by atoms with Gasteiger partial charge in [-0.2, -0.15) is 39.5 Å². The lowest BCUT2D eigenvalue weighted by atomic mass is 9.96. The maximum absolute atomic E-state index is 13.9. The molecule has 0 bridgehead atoms. The van der Waals surface area contributed by atoms with Crippen LogP contribution in [0.2, 0.25) is 5.02 Å². The van der Waals surface area contributed by atoms with Crippen LogP contribution in [0.3, 0.4) is 0 Å². The van der Waals surface area contributed by atoms with Gasteiger partial charge in [0.25, 0.3) is 0 Å². The van der Waals surface area contributed by atoms with Gasteiger partial charge in [-0.05, 0) is 55.5 Å². The van der Waals surface area contributed by atoms with Crippen molar-refractivity contribution < 1.29 is 44.3 Å². The Labute approximate surface area is 244 Å². The number of hydrogen-bond donors (Lipinski definition) is 2. The zero-order valence-corrected chi connectivity index (χ0v) is 23.2. The van der Waals surface area contributed by atoms with Crippen LogP contribution in [0, 0.1) is 11.3 Å². The number of carbonyl (C=O) groups is 1. The molecule has 5 rings (SSSR count). The van der Waals surface area contributed by atoms with Crippen molar-refractivity contribution in [2.75, 3.05) is 23.3 Å². The molecule has 2 fully saturated rings. The minimum Gasteiger partial charge on any atom is -0.370 e. The molecule has 2 aliphatic rings. The highest BCUT2D eigenvalue weighted by atomic mass is 35.5. The lowest BCUT2D eigenvalue weighted by molar-refractivity contribution is -0.192. The van der Waals surface area contributed by atoms with Crippen molar-refractivity contribution >= 4 is 45.9 Å². The quantitative estimate of drug-likeness (QED) is 0.271. The number of piperidine rings is 1. The van der Waals surface area contributed by atoms with Crippen LogP contribution in [0.4, 0.5) is 56.8 Å². The Balaban J connectivity index is 1.39. The summed E-state index contributed by atoms with van der Waals surface area (Å²) in [7, 11) is 1.52. The number of hydrogen-bond acceptors (Lipinski definition) is 4. The molecule has 1 saturated heterocycles. The van der Waals surface area contributed by atoms with Gasteiger partial charge in [-0.15, -0.1) is 0 Å². The molecule has 1 aromatic heterocycles. The van der Waals surface area contributed by atoms with Crippen molar-refractivity contribution in [3.63, 3.8) is 0 Å². The maximum Gasteiger partial charge on any atom is 0.418 e. The Bertz CT molecular complexity index is 1530. The van der Waals surface area contributed by atoms with Gasteiger partial charge in [0.05, 0.1) is 38.9 Å². The Morgan fingerprint density at radius 1 is 1.02 bits per heavy atom. The summed E-state index contributed by atoms with van der Waals surface area (Å²) < 4.78 is 122. The van der Waals surface area contributed by atoms with E-state index in [0.29, 0.717) is 16.7 Å². The van der Waals surface area contributed by atoms with Gasteiger partial charge in [-0.25, -0.2) is 4.98 Å². The first-order valence-corrected chi connectivity index (χ1v) is 13.6. The fraction of sp³-hybridized carbons (Fsp3) is 0.481. The van der Waals surface area contributed by atoms with E-state index < -0.39 is 53.6 Å². The number of rotatable bonds is 6. The van der Waals surface area contributed by atoms with Crippen molar-refractivity contribution in [1.29, 1.82) is 0 Å². The topological polar surface area (TPSA) is 62.2 Å². The summed E-state index contributed by atoms with van der Waals surface area (Å²) in [6, 6.07) is 5.96. The lowest BCUT2D eigenvalue weighted by Gasteiger charge is -2.34. The van der Waals surface area contributed by atoms with Crippen molar-refractivity contribution in [3.8, 4) is 0 Å². The number of nitrogens with zero attached hydrogens (tertiary/aromatic N) is 3. The highest BCUT2D eigenvalue weighted by molar-refractivity contribution is 6.34. The first-order chi connectivity index (χ1) is 19.9. The molecule has 3 aromatic rings. The third-order valence-corrected chi connectivity index (χ3v) is 8.37. The Hall–Kier alpha value is -3.36. The summed E-state index contributed by atoms with van der Waals surface area (Å²) in [4.78, 5) is 18.3. The van der Waals surface area contributed by atoms with Crippen LogP contribution in [0.5, 0.6) is 0 Å². The molecule has 43 heavy (non-hydrogen) atoms. The predicted molar refractivity (Wildman–Crippen MR) is 141 cm³/mol. The molecule has 1 aliphatic carbocycles. The summed E-state index contributed by atoms with van der Waals surface area (Å²) in [6.07, 6.45) is -14.7. The van der Waals surface area contributed by atoms with Gasteiger partial charge >= 0.3 is 18.5 Å². The van der Waals surface area contributed by atoms with Gasteiger partial charge in [0, 0.05) is 26.7 Å². The average molecular weight is 642 g/mol. The molecule has 16 heteroatoms. The van der Waals surface area contributed by atoms with Gasteiger partial charge in [0.2, 0.25) is 11.9 Å². The molecular formula is C27H25ClF9N5O. The van der Waals surface area contributed by atoms with Gasteiger partial charge in [0.1, 0.15) is 5.41 Å². The maximum atomic E-state index is 13.9. The standard InChI is InChI=1S/C27H25ClF9N5O/c1-41-21-12-20(42-8-4-15(5-9-42)25(29,30)31)17(28)11-19(21)40-23(41)39-18-10-14(2-3-16(18)26(32,33)34)13-38-22(43)24(6-7-24)27(35,36)37/h2-3,10-12,15H,4-9,13H2,1H3,(H,38,43)(H,39,40). The van der Waals surface area contributed by atoms with E-state index in [1.54, 1.807) is 11.0 Å². The number of carbonyl (C=O) groups excluding carboxylic acids is 1. The Morgan fingerprint density at radius 3 is 2.23 bits per heavy atom. The summed E-state index contributed by atoms with van der Waals surface area (Å²) in [6.45, 7) is -0.211. The number of aryl methyl sites for hydroxylation is 1. The van der Waals surface area contributed by atoms with E-state index in [0.717, 1.165) is 18.2 Å². The van der Waals surface area contributed by atoms with Crippen molar-refractivity contribution in [2.45, 2.75) is 50.8 Å². The SMILES string of the molecule is Cn1c(Nc2cc(CNC(=O)C3(C(F)(F)F)CC3)ccc2C(F)(F)F)nc2cc(Cl)c(N3CCC(C(F)(F)F)CC3)cc21. The summed E-state index contributed by atoms with van der Waals surface area (Å²) in [5.41, 5.74) is -2.66. The van der Waals surface area contributed by atoms with E-state index in [-0.39, 0.29) is 55.3 Å². The molecule has 6 nitrogen and oxygen atoms in total. The minimum atomic E-state index is -4.80. The van der Waals surface area contributed by atoms with Crippen LogP contribution in [-0.2, 0) is 24.6 Å². The number of amides is 1. The molecule has 1 aliphatic heterocycles. The number of aromatic nitrogens is 2. The number of anilines is 3. The lowest BCUT2D eigenvalue weighted by Crippen LogP contribution is -2.40.